The molecule has 6 aliphatic carbocycles. The second-order valence-electron chi connectivity index (χ2n) is 17.4. The Kier molecular flexibility index (Phi) is 25.7. The van der Waals surface area contributed by atoms with E-state index >= 15 is 0 Å². The van der Waals surface area contributed by atoms with Gasteiger partial charge >= 0.3 is 29.0 Å². The fourth-order valence-electron chi connectivity index (χ4n) is 10.2. The van der Waals surface area contributed by atoms with E-state index in [0.29, 0.717) is 22.1 Å². The van der Waals surface area contributed by atoms with E-state index in [9.17, 15) is 33.6 Å². The number of nitrogens with zero attached hydrogens (tertiary/aromatic N) is 2. The summed E-state index contributed by atoms with van der Waals surface area (Å²) in [4.78, 5) is 90.3. The van der Waals surface area contributed by atoms with Crippen LogP contribution in [0.15, 0.2) is 0 Å². The maximum absolute atomic E-state index is 12.0. The molecular formula is C44H72FeN4O9S2. The number of amides is 5. The van der Waals surface area contributed by atoms with Crippen LogP contribution in [0.25, 0.3) is 0 Å². The van der Waals surface area contributed by atoms with Crippen LogP contribution in [0.1, 0.15) is 161 Å². The molecule has 4 bridgehead atoms. The first-order chi connectivity index (χ1) is 27.6. The van der Waals surface area contributed by atoms with Crippen molar-refractivity contribution in [3.63, 3.8) is 0 Å². The van der Waals surface area contributed by atoms with Gasteiger partial charge in [-0.2, -0.15) is 0 Å². The predicted octanol–water partition coefficient (Wildman–Crippen LogP) is 7.87. The summed E-state index contributed by atoms with van der Waals surface area (Å²) in [7, 11) is 2.46. The molecule has 60 heavy (non-hydrogen) atoms. The van der Waals surface area contributed by atoms with Crippen molar-refractivity contribution >= 4 is 63.1 Å². The van der Waals surface area contributed by atoms with Crippen LogP contribution in [0.5, 0.6) is 0 Å². The summed E-state index contributed by atoms with van der Waals surface area (Å²) >= 11 is 0. The monoisotopic (exact) mass is 920 g/mol. The third-order valence-corrected chi connectivity index (χ3v) is 14.7. The summed E-state index contributed by atoms with van der Waals surface area (Å²) in [6.45, 7) is 2.81. The van der Waals surface area contributed by atoms with Crippen LogP contribution >= 0.6 is 21.6 Å². The Labute approximate surface area is 378 Å². The van der Waals surface area contributed by atoms with E-state index in [1.165, 1.54) is 124 Å². The predicted molar refractivity (Wildman–Crippen MR) is 231 cm³/mol. The van der Waals surface area contributed by atoms with E-state index in [1.807, 2.05) is 0 Å². The van der Waals surface area contributed by atoms with Gasteiger partial charge in [-0.15, -0.1) is 10.1 Å². The molecule has 13 nitrogen and oxygen atoms in total. The number of hydrogen-bond acceptors (Lipinski definition) is 12. The molecule has 0 unspecified atom stereocenters. The number of imide groups is 2. The first-order valence-electron chi connectivity index (χ1n) is 21.9. The zero-order valence-corrected chi connectivity index (χ0v) is 39.0. The van der Waals surface area contributed by atoms with Crippen molar-refractivity contribution in [1.82, 2.24) is 20.8 Å². The third-order valence-electron chi connectivity index (χ3n) is 12.6. The Morgan fingerprint density at radius 3 is 1.62 bits per heavy atom. The molecule has 2 saturated heterocycles. The Balaban J connectivity index is 0.000000365. The summed E-state index contributed by atoms with van der Waals surface area (Å²) in [6.07, 6.45) is 27.2. The fraction of sp³-hybridized carbons (Fsp3) is 0.795. The van der Waals surface area contributed by atoms with E-state index in [0.717, 1.165) is 62.4 Å². The number of unbranched alkanes of at least 4 members (excludes halogenated alkanes) is 2. The third kappa shape index (κ3) is 18.3. The molecule has 2 N–H and O–H groups in total. The zero-order valence-electron chi connectivity index (χ0n) is 36.3. The fourth-order valence-corrected chi connectivity index (χ4v) is 11.8. The molecule has 0 spiro atoms. The average Bonchev–Trinajstić information content (AvgIpc) is 4.03. The standard InChI is InChI=1S/C21H30N2O5S2.C16H26N2O4.C5H10.2CH3.Fe/c24-17(12-29-30-13-20(27)28-23-18(25)2-3-19(23)26)22-5-1-4-21-9-14-6-15(10-21)8-16(7-14)11-21;19-14-9-10-15(20)18(14)22-16(21)8-2-1-5-11-17-12-13-6-3-4-7-13;1-2-4-5-3-1;;;/h14-16H,1-13H2,(H,22,24);13,17H,1-12H2;1-5H2;2*1H3;/q;;;2*-1;+2. The van der Waals surface area contributed by atoms with Crippen molar-refractivity contribution in [3.8, 4) is 0 Å². The van der Waals surface area contributed by atoms with Gasteiger partial charge in [0.15, 0.2) is 0 Å². The van der Waals surface area contributed by atoms with Crippen LogP contribution < -0.4 is 10.6 Å². The van der Waals surface area contributed by atoms with Crippen molar-refractivity contribution in [3.05, 3.63) is 14.9 Å². The van der Waals surface area contributed by atoms with Gasteiger partial charge in [0.1, 0.15) is 5.75 Å². The van der Waals surface area contributed by atoms with Crippen LogP contribution in [-0.4, -0.2) is 82.7 Å². The van der Waals surface area contributed by atoms with Gasteiger partial charge in [0, 0.05) is 38.6 Å². The minimum Gasteiger partial charge on any atom is -0.358 e. The van der Waals surface area contributed by atoms with Crippen LogP contribution in [0.4, 0.5) is 0 Å². The summed E-state index contributed by atoms with van der Waals surface area (Å²) in [6, 6.07) is 0. The zero-order chi connectivity index (χ0) is 40.5. The van der Waals surface area contributed by atoms with Crippen LogP contribution in [0, 0.1) is 43.9 Å². The van der Waals surface area contributed by atoms with E-state index < -0.39 is 35.6 Å². The molecule has 5 amide bonds. The maximum atomic E-state index is 12.0. The number of nitrogens with one attached hydrogen (secondary N) is 2. The number of hydroxylamine groups is 4. The normalized spacial score (nSPS) is 25.0. The van der Waals surface area contributed by atoms with Crippen LogP contribution in [0.3, 0.4) is 0 Å². The Hall–Kier alpha value is -2.13. The molecule has 8 aliphatic rings. The molecule has 0 radical (unpaired) electrons. The Morgan fingerprint density at radius 2 is 1.10 bits per heavy atom. The van der Waals surface area contributed by atoms with E-state index in [4.69, 9.17) is 9.68 Å². The minimum absolute atomic E-state index is 0. The molecule has 16 heteroatoms. The number of carbonyl (C=O) groups is 7. The van der Waals surface area contributed by atoms with E-state index in [2.05, 4.69) is 10.6 Å². The molecule has 0 atom stereocenters. The van der Waals surface area contributed by atoms with Gasteiger partial charge in [0.25, 0.3) is 23.6 Å². The summed E-state index contributed by atoms with van der Waals surface area (Å²) in [5.74, 6) is 0.976. The van der Waals surface area contributed by atoms with Crippen molar-refractivity contribution in [2.24, 2.45) is 29.1 Å². The molecule has 2 aliphatic heterocycles. The smallest absolute Gasteiger partial charge is 0.358 e. The van der Waals surface area contributed by atoms with Gasteiger partial charge in [0.05, 0.1) is 5.75 Å². The molecular weight excluding hydrogens is 848 g/mol. The molecule has 342 valence electrons. The first kappa shape index (κ1) is 54.0. The van der Waals surface area contributed by atoms with Crippen LogP contribution in [0.2, 0.25) is 0 Å². The van der Waals surface area contributed by atoms with Gasteiger partial charge in [-0.1, -0.05) is 73.0 Å². The van der Waals surface area contributed by atoms with Gasteiger partial charge in [-0.3, -0.25) is 24.0 Å². The van der Waals surface area contributed by atoms with Gasteiger partial charge < -0.3 is 35.2 Å². The number of carbonyl (C=O) groups excluding carboxylic acids is 7. The van der Waals surface area contributed by atoms with Gasteiger partial charge in [-0.25, -0.2) is 9.59 Å². The first-order valence-corrected chi connectivity index (χ1v) is 24.4. The molecule has 0 aromatic carbocycles. The number of rotatable bonds is 19. The largest absolute Gasteiger partial charge is 2.00 e. The second-order valence-corrected chi connectivity index (χ2v) is 19.9. The summed E-state index contributed by atoms with van der Waals surface area (Å²) < 4.78 is 0. The second kappa shape index (κ2) is 28.5. The molecule has 8 fully saturated rings. The summed E-state index contributed by atoms with van der Waals surface area (Å²) in [5.41, 5.74) is 0.558. The Bertz CT molecular complexity index is 1320. The van der Waals surface area contributed by atoms with Gasteiger partial charge in [0.2, 0.25) is 5.91 Å². The number of hydrogen-bond donors (Lipinski definition) is 2. The van der Waals surface area contributed by atoms with Crippen LogP contribution in [-0.2, 0) is 60.3 Å². The van der Waals surface area contributed by atoms with E-state index in [-0.39, 0.29) is 81.4 Å². The molecule has 2 heterocycles. The summed E-state index contributed by atoms with van der Waals surface area (Å²) in [5, 5.41) is 7.62. The molecule has 0 aromatic heterocycles. The van der Waals surface area contributed by atoms with Crippen molar-refractivity contribution in [2.45, 2.75) is 161 Å². The van der Waals surface area contributed by atoms with E-state index in [1.54, 1.807) is 0 Å². The molecule has 6 saturated carbocycles. The minimum atomic E-state index is -0.660. The topological polar surface area (TPSA) is 168 Å². The SMILES string of the molecule is C1CCCC1.O=C(CCCCCNCC1CCCC1)ON1C(=O)CCC1=O.O=C(CSSCC(=O)ON1C(=O)CCC1=O)NCCCC12CC3CC(CC(C3)C1)C2.[CH3-].[CH3-].[Fe+2]. The van der Waals surface area contributed by atoms with Crippen molar-refractivity contribution < 1.29 is 60.3 Å². The maximum Gasteiger partial charge on any atom is 2.00 e. The molecule has 0 aromatic rings. The average molecular weight is 921 g/mol. The quantitative estimate of drug-likeness (QED) is 0.0424. The van der Waals surface area contributed by atoms with Crippen molar-refractivity contribution in [1.29, 1.82) is 0 Å². The molecule has 8 rings (SSSR count). The van der Waals surface area contributed by atoms with Gasteiger partial charge in [-0.05, 0) is 119 Å². The Morgan fingerprint density at radius 1 is 0.617 bits per heavy atom. The van der Waals surface area contributed by atoms with Crippen molar-refractivity contribution in [2.75, 3.05) is 31.1 Å².